The minimum absolute atomic E-state index is 0.228. The number of hydrogen-bond acceptors (Lipinski definition) is 3. The zero-order valence-electron chi connectivity index (χ0n) is 16.1. The molecule has 1 heterocycles. The maximum absolute atomic E-state index is 13.3. The van der Waals surface area contributed by atoms with E-state index in [-0.39, 0.29) is 17.3 Å². The summed E-state index contributed by atoms with van der Waals surface area (Å²) < 4.78 is 40.2. The molecule has 2 aromatic carbocycles. The average Bonchev–Trinajstić information content (AvgIpc) is 3.12. The maximum atomic E-state index is 13.3. The van der Waals surface area contributed by atoms with Crippen LogP contribution in [0.3, 0.4) is 0 Å². The Labute approximate surface area is 169 Å². The van der Waals surface area contributed by atoms with E-state index in [9.17, 15) is 12.8 Å². The van der Waals surface area contributed by atoms with Crippen molar-refractivity contribution in [3.8, 4) is 0 Å². The van der Waals surface area contributed by atoms with Crippen molar-refractivity contribution in [2.45, 2.75) is 11.3 Å². The lowest BCUT2D eigenvalue weighted by Crippen LogP contribution is -2.42. The predicted molar refractivity (Wildman–Crippen MR) is 113 cm³/mol. The number of benzene rings is 2. The van der Waals surface area contributed by atoms with Crippen molar-refractivity contribution in [3.05, 3.63) is 66.1 Å². The van der Waals surface area contributed by atoms with Crippen molar-refractivity contribution < 1.29 is 12.8 Å². The molecule has 0 spiro atoms. The molecular weight excluding hydrogens is 393 g/mol. The maximum Gasteiger partial charge on any atom is 0.240 e. The molecule has 9 heteroatoms. The van der Waals surface area contributed by atoms with Gasteiger partial charge in [0.05, 0.1) is 4.90 Å². The van der Waals surface area contributed by atoms with E-state index in [1.807, 2.05) is 6.20 Å². The Hall–Kier alpha value is -2.91. The zero-order valence-corrected chi connectivity index (χ0v) is 16.9. The van der Waals surface area contributed by atoms with Crippen LogP contribution in [0.25, 0.3) is 10.9 Å². The van der Waals surface area contributed by atoms with Gasteiger partial charge in [0.2, 0.25) is 10.0 Å². The fourth-order valence-electron chi connectivity index (χ4n) is 2.95. The monoisotopic (exact) mass is 417 g/mol. The van der Waals surface area contributed by atoms with Crippen LogP contribution < -0.4 is 15.4 Å². The van der Waals surface area contributed by atoms with E-state index in [2.05, 4.69) is 25.3 Å². The minimum atomic E-state index is -3.52. The summed E-state index contributed by atoms with van der Waals surface area (Å²) in [5.41, 5.74) is 1.85. The summed E-state index contributed by atoms with van der Waals surface area (Å²) in [5, 5.41) is 7.25. The molecule has 7 nitrogen and oxygen atoms in total. The summed E-state index contributed by atoms with van der Waals surface area (Å²) in [4.78, 5) is 7.44. The normalized spacial score (nSPS) is 12.3. The number of hydrogen-bond donors (Lipinski definition) is 4. The second-order valence-corrected chi connectivity index (χ2v) is 8.16. The number of H-pyrrole nitrogens is 1. The summed E-state index contributed by atoms with van der Waals surface area (Å²) >= 11 is 0. The van der Waals surface area contributed by atoms with E-state index in [0.29, 0.717) is 19.0 Å². The number of aliphatic imine (C=N–C) groups is 1. The highest BCUT2D eigenvalue weighted by atomic mass is 32.2. The van der Waals surface area contributed by atoms with Crippen LogP contribution in [-0.4, -0.2) is 46.0 Å². The zero-order chi connectivity index (χ0) is 20.7. The van der Waals surface area contributed by atoms with Crippen LogP contribution in [0.1, 0.15) is 5.56 Å². The summed E-state index contributed by atoms with van der Waals surface area (Å²) in [6.07, 6.45) is 2.60. The molecule has 3 rings (SSSR count). The molecule has 0 fully saturated rings. The van der Waals surface area contributed by atoms with Crippen molar-refractivity contribution in [1.82, 2.24) is 20.3 Å². The van der Waals surface area contributed by atoms with Crippen molar-refractivity contribution in [3.63, 3.8) is 0 Å². The third-order valence-corrected chi connectivity index (χ3v) is 5.88. The number of aromatic nitrogens is 1. The van der Waals surface area contributed by atoms with Gasteiger partial charge in [0.1, 0.15) is 5.82 Å². The Morgan fingerprint density at radius 3 is 2.59 bits per heavy atom. The third kappa shape index (κ3) is 5.55. The van der Waals surface area contributed by atoms with E-state index in [4.69, 9.17) is 0 Å². The first-order valence-corrected chi connectivity index (χ1v) is 10.7. The van der Waals surface area contributed by atoms with Crippen molar-refractivity contribution in [2.24, 2.45) is 4.99 Å². The van der Waals surface area contributed by atoms with Gasteiger partial charge >= 0.3 is 0 Å². The lowest BCUT2D eigenvalue weighted by atomic mass is 10.1. The van der Waals surface area contributed by atoms with E-state index >= 15 is 0 Å². The molecule has 0 aliphatic carbocycles. The van der Waals surface area contributed by atoms with Gasteiger partial charge in [0.25, 0.3) is 0 Å². The molecule has 0 bridgehead atoms. The highest BCUT2D eigenvalue weighted by Crippen LogP contribution is 2.19. The molecule has 0 saturated heterocycles. The fraction of sp³-hybridized carbons (Fsp3) is 0.250. The Balaban J connectivity index is 1.43. The summed E-state index contributed by atoms with van der Waals surface area (Å²) in [7, 11) is -1.87. The summed E-state index contributed by atoms with van der Waals surface area (Å²) in [5.74, 6) is 0.311. The van der Waals surface area contributed by atoms with Gasteiger partial charge in [0, 0.05) is 43.8 Å². The highest BCUT2D eigenvalue weighted by molar-refractivity contribution is 7.89. The molecule has 0 aliphatic rings. The SMILES string of the molecule is CN=C(NCCNS(=O)(=O)c1ccccc1)NCCc1c[nH]c2cc(F)ccc12. The number of nitrogens with zero attached hydrogens (tertiary/aromatic N) is 1. The lowest BCUT2D eigenvalue weighted by Gasteiger charge is -2.12. The van der Waals surface area contributed by atoms with Crippen LogP contribution in [0.5, 0.6) is 0 Å². The second kappa shape index (κ2) is 9.53. The van der Waals surface area contributed by atoms with Crippen LogP contribution in [0.4, 0.5) is 4.39 Å². The smallest absolute Gasteiger partial charge is 0.240 e. The average molecular weight is 418 g/mol. The van der Waals surface area contributed by atoms with Crippen LogP contribution in [0.2, 0.25) is 0 Å². The van der Waals surface area contributed by atoms with Crippen LogP contribution in [0.15, 0.2) is 64.6 Å². The first kappa shape index (κ1) is 20.8. The number of rotatable bonds is 8. The quantitative estimate of drug-likeness (QED) is 0.256. The number of halogens is 1. The van der Waals surface area contributed by atoms with Crippen molar-refractivity contribution >= 4 is 26.9 Å². The van der Waals surface area contributed by atoms with Crippen LogP contribution in [-0.2, 0) is 16.4 Å². The Morgan fingerprint density at radius 1 is 1.07 bits per heavy atom. The second-order valence-electron chi connectivity index (χ2n) is 6.39. The molecule has 3 aromatic rings. The minimum Gasteiger partial charge on any atom is -0.361 e. The van der Waals surface area contributed by atoms with Crippen LogP contribution in [0, 0.1) is 5.82 Å². The predicted octanol–water partition coefficient (Wildman–Crippen LogP) is 1.99. The van der Waals surface area contributed by atoms with Gasteiger partial charge in [-0.15, -0.1) is 0 Å². The van der Waals surface area contributed by atoms with Crippen molar-refractivity contribution in [1.29, 1.82) is 0 Å². The van der Waals surface area contributed by atoms with Gasteiger partial charge in [-0.2, -0.15) is 0 Å². The van der Waals surface area contributed by atoms with Gasteiger partial charge in [-0.3, -0.25) is 4.99 Å². The van der Waals surface area contributed by atoms with Gasteiger partial charge < -0.3 is 15.6 Å². The van der Waals surface area contributed by atoms with E-state index in [1.54, 1.807) is 43.4 Å². The molecule has 0 aliphatic heterocycles. The molecule has 0 amide bonds. The standard InChI is InChI=1S/C20H24FN5O2S/c1-22-20(24-11-12-26-29(27,28)17-5-3-2-4-6-17)23-10-9-15-14-25-19-13-16(21)7-8-18(15)19/h2-8,13-14,25-26H,9-12H2,1H3,(H2,22,23,24). The van der Waals surface area contributed by atoms with E-state index < -0.39 is 10.0 Å². The van der Waals surface area contributed by atoms with Gasteiger partial charge in [-0.25, -0.2) is 17.5 Å². The molecule has 0 atom stereocenters. The highest BCUT2D eigenvalue weighted by Gasteiger charge is 2.12. The molecular formula is C20H24FN5O2S. The van der Waals surface area contributed by atoms with Crippen molar-refractivity contribution in [2.75, 3.05) is 26.7 Å². The molecule has 4 N–H and O–H groups in total. The largest absolute Gasteiger partial charge is 0.361 e. The first-order chi connectivity index (χ1) is 14.0. The topological polar surface area (TPSA) is 98.4 Å². The summed E-state index contributed by atoms with van der Waals surface area (Å²) in [6.45, 7) is 1.24. The fourth-order valence-corrected chi connectivity index (χ4v) is 4.00. The molecule has 0 radical (unpaired) electrons. The Morgan fingerprint density at radius 2 is 1.83 bits per heavy atom. The van der Waals surface area contributed by atoms with Gasteiger partial charge in [0.15, 0.2) is 5.96 Å². The number of sulfonamides is 1. The van der Waals surface area contributed by atoms with Gasteiger partial charge in [-0.05, 0) is 42.3 Å². The van der Waals surface area contributed by atoms with E-state index in [1.165, 1.54) is 12.1 Å². The van der Waals surface area contributed by atoms with Crippen LogP contribution >= 0.6 is 0 Å². The molecule has 29 heavy (non-hydrogen) atoms. The van der Waals surface area contributed by atoms with Gasteiger partial charge in [-0.1, -0.05) is 18.2 Å². The molecule has 0 saturated carbocycles. The Kier molecular flexibility index (Phi) is 6.84. The number of aromatic amines is 1. The lowest BCUT2D eigenvalue weighted by molar-refractivity contribution is 0.580. The Bertz CT molecular complexity index is 1080. The number of fused-ring (bicyclic) bond motifs is 1. The first-order valence-electron chi connectivity index (χ1n) is 9.24. The molecule has 154 valence electrons. The third-order valence-electron chi connectivity index (χ3n) is 4.40. The summed E-state index contributed by atoms with van der Waals surface area (Å²) in [6, 6.07) is 12.9. The molecule has 1 aromatic heterocycles. The number of guanidine groups is 1. The molecule has 0 unspecified atom stereocenters. The van der Waals surface area contributed by atoms with E-state index in [0.717, 1.165) is 22.9 Å². The number of nitrogens with one attached hydrogen (secondary N) is 4.